The summed E-state index contributed by atoms with van der Waals surface area (Å²) in [6.45, 7) is 0. The molecule has 0 aliphatic rings. The Kier molecular flexibility index (Phi) is 4.76. The van der Waals surface area contributed by atoms with Crippen LogP contribution in [-0.2, 0) is 19.1 Å². The van der Waals surface area contributed by atoms with E-state index in [1.54, 1.807) is 0 Å². The lowest BCUT2D eigenvalue weighted by molar-refractivity contribution is -0.203. The second-order valence-corrected chi connectivity index (χ2v) is 1.82. The van der Waals surface area contributed by atoms with Gasteiger partial charge in [0.25, 0.3) is 0 Å². The summed E-state index contributed by atoms with van der Waals surface area (Å²) in [6, 6.07) is 0. The van der Waals surface area contributed by atoms with Crippen molar-refractivity contribution in [3.05, 3.63) is 0 Å². The minimum atomic E-state index is -0.889. The topological polar surface area (TPSA) is 48.0 Å². The summed E-state index contributed by atoms with van der Waals surface area (Å²) in [5.41, 5.74) is 0. The number of carbonyl (C=O) groups is 1. The molecule has 5 heteroatoms. The second kappa shape index (κ2) is 5.06. The molecule has 0 fully saturated rings. The summed E-state index contributed by atoms with van der Waals surface area (Å²) in [5.74, 6) is -0.377. The molecule has 0 aliphatic heterocycles. The molecule has 11 heavy (non-hydrogen) atoms. The number of nitrogens with zero attached hydrogens (tertiary/aromatic N) is 1. The Labute approximate surface area is 65.8 Å². The molecule has 5 nitrogen and oxygen atoms in total. The first kappa shape index (κ1) is 10.3. The normalized spacial score (nSPS) is 10.3. The van der Waals surface area contributed by atoms with Crippen LogP contribution in [0.15, 0.2) is 0 Å². The highest BCUT2D eigenvalue weighted by atomic mass is 16.7. The summed E-state index contributed by atoms with van der Waals surface area (Å²) in [7, 11) is 5.64. The number of amides is 1. The average Bonchev–Trinajstić information content (AvgIpc) is 2.05. The minimum absolute atomic E-state index is 0.377. The molecule has 66 valence electrons. The maximum absolute atomic E-state index is 11.1. The zero-order valence-electron chi connectivity index (χ0n) is 7.16. The predicted molar refractivity (Wildman–Crippen MR) is 37.6 cm³/mol. The van der Waals surface area contributed by atoms with Gasteiger partial charge in [-0.2, -0.15) is 0 Å². The van der Waals surface area contributed by atoms with Gasteiger partial charge in [-0.25, -0.2) is 5.06 Å². The van der Waals surface area contributed by atoms with Gasteiger partial charge < -0.3 is 9.47 Å². The van der Waals surface area contributed by atoms with E-state index >= 15 is 0 Å². The van der Waals surface area contributed by atoms with Gasteiger partial charge in [0.05, 0.1) is 7.11 Å². The van der Waals surface area contributed by atoms with Gasteiger partial charge in [-0.05, 0) is 0 Å². The monoisotopic (exact) mass is 163 g/mol. The van der Waals surface area contributed by atoms with Gasteiger partial charge in [0.2, 0.25) is 6.29 Å². The van der Waals surface area contributed by atoms with Gasteiger partial charge in [-0.1, -0.05) is 0 Å². The molecule has 0 unspecified atom stereocenters. The average molecular weight is 163 g/mol. The first-order valence-corrected chi connectivity index (χ1v) is 3.04. The Balaban J connectivity index is 3.97. The van der Waals surface area contributed by atoms with Crippen molar-refractivity contribution in [1.82, 2.24) is 5.06 Å². The van der Waals surface area contributed by atoms with Crippen LogP contribution in [0.1, 0.15) is 0 Å². The summed E-state index contributed by atoms with van der Waals surface area (Å²) in [6.07, 6.45) is -0.889. The van der Waals surface area contributed by atoms with E-state index in [0.29, 0.717) is 0 Å². The third kappa shape index (κ3) is 2.83. The van der Waals surface area contributed by atoms with Crippen LogP contribution in [0.4, 0.5) is 0 Å². The van der Waals surface area contributed by atoms with Crippen molar-refractivity contribution >= 4 is 5.91 Å². The Morgan fingerprint density at radius 2 is 1.73 bits per heavy atom. The predicted octanol–water partition coefficient (Wildman–Crippen LogP) is -0.375. The highest BCUT2D eigenvalue weighted by molar-refractivity contribution is 5.78. The van der Waals surface area contributed by atoms with Crippen LogP contribution in [0.5, 0.6) is 0 Å². The Hall–Kier alpha value is -0.650. The molecule has 0 bridgehead atoms. The molecule has 0 spiro atoms. The van der Waals surface area contributed by atoms with Gasteiger partial charge in [-0.3, -0.25) is 9.63 Å². The molecule has 0 aromatic rings. The van der Waals surface area contributed by atoms with Crippen LogP contribution < -0.4 is 0 Å². The van der Waals surface area contributed by atoms with Crippen LogP contribution >= 0.6 is 0 Å². The fourth-order valence-corrected chi connectivity index (χ4v) is 0.536. The van der Waals surface area contributed by atoms with Crippen LogP contribution in [0.25, 0.3) is 0 Å². The SMILES string of the molecule is COC(OC)C(=O)N(C)OC. The molecular weight excluding hydrogens is 150 g/mol. The molecule has 0 aliphatic carbocycles. The van der Waals surface area contributed by atoms with E-state index in [2.05, 4.69) is 4.84 Å². The third-order valence-corrected chi connectivity index (χ3v) is 1.21. The molecule has 0 aromatic carbocycles. The molecular formula is C6H13NO4. The van der Waals surface area contributed by atoms with E-state index in [9.17, 15) is 4.79 Å². The van der Waals surface area contributed by atoms with Crippen molar-refractivity contribution in [2.45, 2.75) is 6.29 Å². The fraction of sp³-hybridized carbons (Fsp3) is 0.833. The smallest absolute Gasteiger partial charge is 0.302 e. The van der Waals surface area contributed by atoms with E-state index < -0.39 is 6.29 Å². The first-order chi connectivity index (χ1) is 5.17. The van der Waals surface area contributed by atoms with E-state index in [4.69, 9.17) is 9.47 Å². The first-order valence-electron chi connectivity index (χ1n) is 3.04. The van der Waals surface area contributed by atoms with E-state index in [1.807, 2.05) is 0 Å². The number of hydroxylamine groups is 2. The number of likely N-dealkylation sites (N-methyl/N-ethyl adjacent to an activating group) is 1. The van der Waals surface area contributed by atoms with E-state index in [-0.39, 0.29) is 5.91 Å². The van der Waals surface area contributed by atoms with Crippen molar-refractivity contribution in [2.24, 2.45) is 0 Å². The van der Waals surface area contributed by atoms with Gasteiger partial charge in [0.1, 0.15) is 0 Å². The Bertz CT molecular complexity index is 124. The number of hydrogen-bond donors (Lipinski definition) is 0. The van der Waals surface area contributed by atoms with Gasteiger partial charge in [-0.15, -0.1) is 0 Å². The summed E-state index contributed by atoms with van der Waals surface area (Å²) in [5, 5.41) is 1.04. The van der Waals surface area contributed by atoms with Crippen molar-refractivity contribution in [1.29, 1.82) is 0 Å². The largest absolute Gasteiger partial charge is 0.348 e. The van der Waals surface area contributed by atoms with Crippen LogP contribution in [0.3, 0.4) is 0 Å². The van der Waals surface area contributed by atoms with Crippen LogP contribution in [0, 0.1) is 0 Å². The van der Waals surface area contributed by atoms with Crippen molar-refractivity contribution in [3.8, 4) is 0 Å². The van der Waals surface area contributed by atoms with Crippen molar-refractivity contribution in [3.63, 3.8) is 0 Å². The zero-order valence-corrected chi connectivity index (χ0v) is 7.16. The standard InChI is InChI=1S/C6H13NO4/c1-7(11-4)5(8)6(9-2)10-3/h6H,1-4H3. The van der Waals surface area contributed by atoms with Crippen LogP contribution in [-0.4, -0.2) is 45.6 Å². The number of hydrogen-bond acceptors (Lipinski definition) is 4. The fourth-order valence-electron chi connectivity index (χ4n) is 0.536. The molecule has 0 radical (unpaired) electrons. The lowest BCUT2D eigenvalue weighted by Crippen LogP contribution is -2.37. The van der Waals surface area contributed by atoms with E-state index in [1.165, 1.54) is 28.4 Å². The number of ether oxygens (including phenoxy) is 2. The number of methoxy groups -OCH3 is 2. The molecule has 0 rings (SSSR count). The quantitative estimate of drug-likeness (QED) is 0.419. The van der Waals surface area contributed by atoms with Gasteiger partial charge >= 0.3 is 5.91 Å². The van der Waals surface area contributed by atoms with Crippen LogP contribution in [0.2, 0.25) is 0 Å². The van der Waals surface area contributed by atoms with Gasteiger partial charge in [0.15, 0.2) is 0 Å². The lowest BCUT2D eigenvalue weighted by Gasteiger charge is -2.18. The number of rotatable bonds is 4. The minimum Gasteiger partial charge on any atom is -0.348 e. The van der Waals surface area contributed by atoms with Crippen molar-refractivity contribution < 1.29 is 19.1 Å². The van der Waals surface area contributed by atoms with Gasteiger partial charge in [0, 0.05) is 21.3 Å². The molecule has 0 atom stereocenters. The van der Waals surface area contributed by atoms with E-state index in [0.717, 1.165) is 5.06 Å². The molecule has 0 heterocycles. The number of carbonyl (C=O) groups excluding carboxylic acids is 1. The molecule has 0 aromatic heterocycles. The zero-order chi connectivity index (χ0) is 8.85. The molecule has 0 saturated carbocycles. The summed E-state index contributed by atoms with van der Waals surface area (Å²) in [4.78, 5) is 15.7. The maximum Gasteiger partial charge on any atom is 0.302 e. The maximum atomic E-state index is 11.1. The highest BCUT2D eigenvalue weighted by Gasteiger charge is 2.20. The van der Waals surface area contributed by atoms with Crippen molar-refractivity contribution in [2.75, 3.05) is 28.4 Å². The Morgan fingerprint density at radius 3 is 2.00 bits per heavy atom. The molecule has 0 N–H and O–H groups in total. The highest BCUT2D eigenvalue weighted by Crippen LogP contribution is 1.96. The molecule has 1 amide bonds. The lowest BCUT2D eigenvalue weighted by atomic mass is 10.6. The third-order valence-electron chi connectivity index (χ3n) is 1.21. The summed E-state index contributed by atoms with van der Waals surface area (Å²) < 4.78 is 9.38. The Morgan fingerprint density at radius 1 is 1.27 bits per heavy atom. The summed E-state index contributed by atoms with van der Waals surface area (Å²) >= 11 is 0. The molecule has 0 saturated heterocycles. The second-order valence-electron chi connectivity index (χ2n) is 1.82.